The Hall–Kier alpha value is -2.94. The molecule has 0 fully saturated rings. The minimum absolute atomic E-state index is 0.266. The molecule has 0 saturated carbocycles. The van der Waals surface area contributed by atoms with Crippen molar-refractivity contribution in [2.45, 2.75) is 26.3 Å². The van der Waals surface area contributed by atoms with Crippen LogP contribution < -0.4 is 10.6 Å². The number of benzene rings is 1. The van der Waals surface area contributed by atoms with Crippen LogP contribution in [-0.4, -0.2) is 21.9 Å². The zero-order chi connectivity index (χ0) is 15.9. The fraction of sp³-hybridized carbons (Fsp3) is 0.250. The number of nitrogens with zero attached hydrogens (tertiary/aromatic N) is 3. The number of aromatic nitrogens is 2. The predicted octanol–water partition coefficient (Wildman–Crippen LogP) is 2.81. The average Bonchev–Trinajstić information content (AvgIpc) is 2.55. The topological polar surface area (TPSA) is 90.7 Å². The molecule has 22 heavy (non-hydrogen) atoms. The Kier molecular flexibility index (Phi) is 5.04. The van der Waals surface area contributed by atoms with Gasteiger partial charge >= 0.3 is 0 Å². The van der Waals surface area contributed by atoms with Crippen molar-refractivity contribution < 1.29 is 4.79 Å². The second-order valence-electron chi connectivity index (χ2n) is 4.86. The van der Waals surface area contributed by atoms with Gasteiger partial charge in [0.05, 0.1) is 16.8 Å². The third kappa shape index (κ3) is 3.79. The molecule has 0 saturated heterocycles. The summed E-state index contributed by atoms with van der Waals surface area (Å²) in [5, 5.41) is 14.8. The Bertz CT molecular complexity index is 690. The highest BCUT2D eigenvalue weighted by Crippen LogP contribution is 2.15. The lowest BCUT2D eigenvalue weighted by Gasteiger charge is -2.11. The first-order chi connectivity index (χ1) is 10.6. The summed E-state index contributed by atoms with van der Waals surface area (Å²) in [7, 11) is 0. The van der Waals surface area contributed by atoms with Gasteiger partial charge in [-0.15, -0.1) is 0 Å². The van der Waals surface area contributed by atoms with Gasteiger partial charge in [0.15, 0.2) is 0 Å². The number of carbonyl (C=O) groups is 1. The first kappa shape index (κ1) is 15.4. The molecule has 0 bridgehead atoms. The molecule has 0 aliphatic carbocycles. The fourth-order valence-electron chi connectivity index (χ4n) is 1.73. The van der Waals surface area contributed by atoms with Crippen LogP contribution in [0.2, 0.25) is 0 Å². The van der Waals surface area contributed by atoms with Crippen LogP contribution in [0.25, 0.3) is 0 Å². The van der Waals surface area contributed by atoms with Crippen molar-refractivity contribution in [1.82, 2.24) is 9.97 Å². The number of nitrogens with one attached hydrogen (secondary N) is 2. The third-order valence-corrected chi connectivity index (χ3v) is 3.20. The van der Waals surface area contributed by atoms with Gasteiger partial charge in [-0.25, -0.2) is 9.97 Å². The SMILES string of the molecule is CCC(C)Nc1ncc(C(=O)Nc2ccccc2C#N)cn1. The molecule has 1 aromatic heterocycles. The third-order valence-electron chi connectivity index (χ3n) is 3.20. The van der Waals surface area contributed by atoms with Crippen molar-refractivity contribution in [3.05, 3.63) is 47.8 Å². The minimum atomic E-state index is -0.349. The molecule has 6 nitrogen and oxygen atoms in total. The van der Waals surface area contributed by atoms with Gasteiger partial charge in [0.1, 0.15) is 6.07 Å². The maximum absolute atomic E-state index is 12.2. The summed E-state index contributed by atoms with van der Waals surface area (Å²) >= 11 is 0. The molecule has 2 rings (SSSR count). The summed E-state index contributed by atoms with van der Waals surface area (Å²) in [5.74, 6) is 0.140. The Morgan fingerprint density at radius 1 is 1.32 bits per heavy atom. The molecule has 6 heteroatoms. The van der Waals surface area contributed by atoms with Gasteiger partial charge in [0.25, 0.3) is 5.91 Å². The number of hydrogen-bond donors (Lipinski definition) is 2. The van der Waals surface area contributed by atoms with Crippen molar-refractivity contribution in [3.63, 3.8) is 0 Å². The van der Waals surface area contributed by atoms with Gasteiger partial charge in [-0.1, -0.05) is 19.1 Å². The highest BCUT2D eigenvalue weighted by Gasteiger charge is 2.10. The van der Waals surface area contributed by atoms with E-state index < -0.39 is 0 Å². The summed E-state index contributed by atoms with van der Waals surface area (Å²) in [4.78, 5) is 20.4. The van der Waals surface area contributed by atoms with E-state index in [4.69, 9.17) is 5.26 Å². The van der Waals surface area contributed by atoms with Gasteiger partial charge in [-0.05, 0) is 25.5 Å². The molecule has 112 valence electrons. The molecule has 0 aliphatic heterocycles. The number of anilines is 2. The predicted molar refractivity (Wildman–Crippen MR) is 84.5 cm³/mol. The van der Waals surface area contributed by atoms with Crippen LogP contribution in [-0.2, 0) is 0 Å². The summed E-state index contributed by atoms with van der Waals surface area (Å²) in [6, 6.07) is 9.12. The lowest BCUT2D eigenvalue weighted by Crippen LogP contribution is -2.17. The van der Waals surface area contributed by atoms with E-state index in [9.17, 15) is 4.79 Å². The van der Waals surface area contributed by atoms with Crippen LogP contribution in [0, 0.1) is 11.3 Å². The lowest BCUT2D eigenvalue weighted by molar-refractivity contribution is 0.102. The second kappa shape index (κ2) is 7.18. The monoisotopic (exact) mass is 295 g/mol. The van der Waals surface area contributed by atoms with Crippen LogP contribution in [0.15, 0.2) is 36.7 Å². The van der Waals surface area contributed by atoms with Gasteiger partial charge in [-0.2, -0.15) is 5.26 Å². The largest absolute Gasteiger partial charge is 0.352 e. The van der Waals surface area contributed by atoms with E-state index in [2.05, 4.69) is 27.5 Å². The van der Waals surface area contributed by atoms with E-state index in [0.29, 0.717) is 22.8 Å². The number of carbonyl (C=O) groups excluding carboxylic acids is 1. The van der Waals surface area contributed by atoms with Gasteiger partial charge < -0.3 is 10.6 Å². The van der Waals surface area contributed by atoms with Crippen molar-refractivity contribution in [2.24, 2.45) is 0 Å². The van der Waals surface area contributed by atoms with Crippen LogP contribution >= 0.6 is 0 Å². The van der Waals surface area contributed by atoms with E-state index in [1.165, 1.54) is 12.4 Å². The van der Waals surface area contributed by atoms with Crippen molar-refractivity contribution in [1.29, 1.82) is 5.26 Å². The van der Waals surface area contributed by atoms with Crippen LogP contribution in [0.3, 0.4) is 0 Å². The van der Waals surface area contributed by atoms with E-state index in [1.807, 2.05) is 13.0 Å². The van der Waals surface area contributed by atoms with Crippen LogP contribution in [0.4, 0.5) is 11.6 Å². The standard InChI is InChI=1S/C16H17N5O/c1-3-11(2)20-16-18-9-13(10-19-16)15(22)21-14-7-5-4-6-12(14)8-17/h4-7,9-11H,3H2,1-2H3,(H,21,22)(H,18,19,20). The number of rotatable bonds is 5. The molecule has 0 aliphatic rings. The molecule has 2 aromatic rings. The number of nitriles is 1. The molecule has 1 unspecified atom stereocenters. The fourth-order valence-corrected chi connectivity index (χ4v) is 1.73. The highest BCUT2D eigenvalue weighted by molar-refractivity contribution is 6.04. The van der Waals surface area contributed by atoms with Crippen LogP contribution in [0.1, 0.15) is 36.2 Å². The van der Waals surface area contributed by atoms with Gasteiger partial charge in [0, 0.05) is 18.4 Å². The normalized spacial score (nSPS) is 11.3. The lowest BCUT2D eigenvalue weighted by atomic mass is 10.2. The maximum Gasteiger partial charge on any atom is 0.258 e. The molecule has 1 amide bonds. The minimum Gasteiger partial charge on any atom is -0.352 e. The average molecular weight is 295 g/mol. The molecular formula is C16H17N5O. The number of hydrogen-bond acceptors (Lipinski definition) is 5. The number of para-hydroxylation sites is 1. The Morgan fingerprint density at radius 3 is 2.64 bits per heavy atom. The van der Waals surface area contributed by atoms with E-state index >= 15 is 0 Å². The molecular weight excluding hydrogens is 278 g/mol. The summed E-state index contributed by atoms with van der Waals surface area (Å²) in [6.45, 7) is 4.09. The number of amides is 1. The van der Waals surface area contributed by atoms with Crippen LogP contribution in [0.5, 0.6) is 0 Å². The quantitative estimate of drug-likeness (QED) is 0.885. The summed E-state index contributed by atoms with van der Waals surface area (Å²) in [6.07, 6.45) is 3.88. The maximum atomic E-state index is 12.2. The first-order valence-corrected chi connectivity index (χ1v) is 7.03. The molecule has 0 radical (unpaired) electrons. The smallest absolute Gasteiger partial charge is 0.258 e. The van der Waals surface area contributed by atoms with E-state index in [1.54, 1.807) is 24.3 Å². The van der Waals surface area contributed by atoms with Crippen molar-refractivity contribution >= 4 is 17.5 Å². The Balaban J connectivity index is 2.09. The molecule has 1 aromatic carbocycles. The first-order valence-electron chi connectivity index (χ1n) is 7.03. The van der Waals surface area contributed by atoms with E-state index in [-0.39, 0.29) is 11.9 Å². The van der Waals surface area contributed by atoms with Gasteiger partial charge in [-0.3, -0.25) is 4.79 Å². The second-order valence-corrected chi connectivity index (χ2v) is 4.86. The molecule has 0 spiro atoms. The Labute approximate surface area is 129 Å². The summed E-state index contributed by atoms with van der Waals surface area (Å²) < 4.78 is 0. The van der Waals surface area contributed by atoms with Crippen molar-refractivity contribution in [3.8, 4) is 6.07 Å². The summed E-state index contributed by atoms with van der Waals surface area (Å²) in [5.41, 5.74) is 1.21. The Morgan fingerprint density at radius 2 is 2.00 bits per heavy atom. The zero-order valence-electron chi connectivity index (χ0n) is 12.5. The highest BCUT2D eigenvalue weighted by atomic mass is 16.1. The van der Waals surface area contributed by atoms with Crippen molar-refractivity contribution in [2.75, 3.05) is 10.6 Å². The molecule has 1 atom stereocenters. The molecule has 1 heterocycles. The molecule has 2 N–H and O–H groups in total. The van der Waals surface area contributed by atoms with E-state index in [0.717, 1.165) is 6.42 Å². The zero-order valence-corrected chi connectivity index (χ0v) is 12.5. The van der Waals surface area contributed by atoms with Gasteiger partial charge in [0.2, 0.25) is 5.95 Å².